The van der Waals surface area contributed by atoms with Gasteiger partial charge in [0.2, 0.25) is 5.75 Å². The van der Waals surface area contributed by atoms with Crippen LogP contribution < -0.4 is 5.73 Å². The molecule has 1 aliphatic rings. The summed E-state index contributed by atoms with van der Waals surface area (Å²) in [5.74, 6) is -3.43. The first-order valence-corrected chi connectivity index (χ1v) is 6.06. The van der Waals surface area contributed by atoms with E-state index in [4.69, 9.17) is 5.73 Å². The molecule has 0 bridgehead atoms. The number of hydrogen-bond donors (Lipinski definition) is 3. The lowest BCUT2D eigenvalue weighted by molar-refractivity contribution is -0.385. The first-order valence-electron chi connectivity index (χ1n) is 6.06. The maximum atomic E-state index is 12.4. The fourth-order valence-corrected chi connectivity index (χ4v) is 2.50. The second-order valence-corrected chi connectivity index (χ2v) is 4.67. The number of nitrogens with two attached hydrogens (primary N) is 1. The van der Waals surface area contributed by atoms with Crippen LogP contribution in [0.5, 0.6) is 11.5 Å². The van der Waals surface area contributed by atoms with Gasteiger partial charge in [-0.2, -0.15) is 0 Å². The quantitative estimate of drug-likeness (QED) is 0.202. The summed E-state index contributed by atoms with van der Waals surface area (Å²) in [6.45, 7) is 0. The SMILES string of the molecule is Nc1c(O)c2c(c(O)c1[N+](=O)[O-])C(=O)c1ccccc1C2=O. The highest BCUT2D eigenvalue weighted by Crippen LogP contribution is 2.48. The summed E-state index contributed by atoms with van der Waals surface area (Å²) in [6.07, 6.45) is 0. The van der Waals surface area contributed by atoms with Gasteiger partial charge in [-0.25, -0.2) is 0 Å². The Balaban J connectivity index is 2.46. The Kier molecular flexibility index (Phi) is 2.64. The maximum absolute atomic E-state index is 12.4. The van der Waals surface area contributed by atoms with E-state index in [1.165, 1.54) is 24.3 Å². The molecular formula is C14H8N2O6. The second-order valence-electron chi connectivity index (χ2n) is 4.67. The molecule has 8 nitrogen and oxygen atoms in total. The lowest BCUT2D eigenvalue weighted by Crippen LogP contribution is -2.22. The van der Waals surface area contributed by atoms with Gasteiger partial charge in [0.1, 0.15) is 0 Å². The van der Waals surface area contributed by atoms with Crippen molar-refractivity contribution in [3.63, 3.8) is 0 Å². The number of nitro groups is 1. The largest absolute Gasteiger partial charge is 0.505 e. The van der Waals surface area contributed by atoms with Crippen LogP contribution in [0.4, 0.5) is 11.4 Å². The van der Waals surface area contributed by atoms with E-state index in [-0.39, 0.29) is 11.1 Å². The van der Waals surface area contributed by atoms with E-state index in [2.05, 4.69) is 0 Å². The van der Waals surface area contributed by atoms with Crippen LogP contribution in [0.3, 0.4) is 0 Å². The molecule has 1 aliphatic carbocycles. The normalized spacial score (nSPS) is 12.7. The van der Waals surface area contributed by atoms with Gasteiger partial charge < -0.3 is 15.9 Å². The van der Waals surface area contributed by atoms with Gasteiger partial charge in [-0.1, -0.05) is 24.3 Å². The van der Waals surface area contributed by atoms with Crippen molar-refractivity contribution in [1.82, 2.24) is 0 Å². The molecule has 0 saturated carbocycles. The highest BCUT2D eigenvalue weighted by atomic mass is 16.6. The number of fused-ring (bicyclic) bond motifs is 2. The molecule has 0 radical (unpaired) electrons. The molecule has 4 N–H and O–H groups in total. The van der Waals surface area contributed by atoms with Crippen LogP contribution in [0.25, 0.3) is 0 Å². The molecule has 0 amide bonds. The van der Waals surface area contributed by atoms with Crippen LogP contribution >= 0.6 is 0 Å². The van der Waals surface area contributed by atoms with Crippen molar-refractivity contribution >= 4 is 22.9 Å². The van der Waals surface area contributed by atoms with Crippen LogP contribution in [0.2, 0.25) is 0 Å². The number of anilines is 1. The lowest BCUT2D eigenvalue weighted by Gasteiger charge is -2.20. The molecule has 0 aromatic heterocycles. The number of rotatable bonds is 1. The number of carbonyl (C=O) groups excluding carboxylic acids is 2. The first kappa shape index (κ1) is 13.6. The number of carbonyl (C=O) groups is 2. The number of aromatic hydroxyl groups is 2. The molecule has 2 aromatic carbocycles. The molecule has 2 aromatic rings. The third-order valence-electron chi connectivity index (χ3n) is 3.51. The predicted octanol–water partition coefficient (Wildman–Crippen LogP) is 1.36. The highest BCUT2D eigenvalue weighted by Gasteiger charge is 2.40. The molecule has 3 rings (SSSR count). The summed E-state index contributed by atoms with van der Waals surface area (Å²) in [6, 6.07) is 5.78. The number of nitro benzene ring substituents is 1. The van der Waals surface area contributed by atoms with E-state index in [9.17, 15) is 29.9 Å². The third-order valence-corrected chi connectivity index (χ3v) is 3.51. The van der Waals surface area contributed by atoms with Crippen molar-refractivity contribution in [3.05, 3.63) is 56.6 Å². The Morgan fingerprint density at radius 1 is 0.955 bits per heavy atom. The van der Waals surface area contributed by atoms with Gasteiger partial charge >= 0.3 is 5.69 Å². The Bertz CT molecular complexity index is 887. The zero-order chi connectivity index (χ0) is 16.2. The minimum atomic E-state index is -1.02. The Morgan fingerprint density at radius 3 is 1.86 bits per heavy atom. The molecule has 0 heterocycles. The van der Waals surface area contributed by atoms with E-state index in [0.717, 1.165) is 0 Å². The summed E-state index contributed by atoms with van der Waals surface area (Å²) >= 11 is 0. The minimum absolute atomic E-state index is 0.00577. The van der Waals surface area contributed by atoms with Gasteiger partial charge in [-0.05, 0) is 0 Å². The molecule has 8 heteroatoms. The zero-order valence-electron chi connectivity index (χ0n) is 10.9. The average molecular weight is 300 g/mol. The van der Waals surface area contributed by atoms with Crippen molar-refractivity contribution < 1.29 is 24.7 Å². The summed E-state index contributed by atoms with van der Waals surface area (Å²) < 4.78 is 0. The summed E-state index contributed by atoms with van der Waals surface area (Å²) in [5, 5.41) is 31.0. The molecular weight excluding hydrogens is 292 g/mol. The number of benzene rings is 2. The smallest absolute Gasteiger partial charge is 0.337 e. The topological polar surface area (TPSA) is 144 Å². The molecule has 0 atom stereocenters. The molecule has 0 spiro atoms. The number of nitrogens with zero attached hydrogens (tertiary/aromatic N) is 1. The van der Waals surface area contributed by atoms with Gasteiger partial charge in [0.15, 0.2) is 23.0 Å². The van der Waals surface area contributed by atoms with Crippen LogP contribution in [-0.4, -0.2) is 26.7 Å². The summed E-state index contributed by atoms with van der Waals surface area (Å²) in [4.78, 5) is 34.8. The van der Waals surface area contributed by atoms with Crippen LogP contribution in [0.15, 0.2) is 24.3 Å². The maximum Gasteiger partial charge on any atom is 0.337 e. The second kappa shape index (κ2) is 4.29. The number of hydrogen-bond acceptors (Lipinski definition) is 7. The monoisotopic (exact) mass is 300 g/mol. The van der Waals surface area contributed by atoms with Crippen molar-refractivity contribution in [3.8, 4) is 11.5 Å². The molecule has 0 saturated heterocycles. The fourth-order valence-electron chi connectivity index (χ4n) is 2.50. The number of phenolic OH excluding ortho intramolecular Hbond substituents is 2. The van der Waals surface area contributed by atoms with E-state index in [0.29, 0.717) is 0 Å². The Morgan fingerprint density at radius 2 is 1.41 bits per heavy atom. The van der Waals surface area contributed by atoms with Crippen molar-refractivity contribution in [1.29, 1.82) is 0 Å². The van der Waals surface area contributed by atoms with Gasteiger partial charge in [-0.15, -0.1) is 0 Å². The lowest BCUT2D eigenvalue weighted by atomic mass is 9.82. The first-order chi connectivity index (χ1) is 10.4. The van der Waals surface area contributed by atoms with Crippen LogP contribution in [0.1, 0.15) is 31.8 Å². The molecule has 0 unspecified atom stereocenters. The Hall–Kier alpha value is -3.42. The zero-order valence-corrected chi connectivity index (χ0v) is 10.9. The van der Waals surface area contributed by atoms with Crippen molar-refractivity contribution in [2.45, 2.75) is 0 Å². The van der Waals surface area contributed by atoms with E-state index >= 15 is 0 Å². The van der Waals surface area contributed by atoms with E-state index in [1.54, 1.807) is 0 Å². The predicted molar refractivity (Wildman–Crippen MR) is 74.1 cm³/mol. The molecule has 0 aliphatic heterocycles. The minimum Gasteiger partial charge on any atom is -0.505 e. The summed E-state index contributed by atoms with van der Waals surface area (Å²) in [7, 11) is 0. The number of phenols is 2. The molecule has 0 fully saturated rings. The van der Waals surface area contributed by atoms with Crippen LogP contribution in [-0.2, 0) is 0 Å². The van der Waals surface area contributed by atoms with Crippen molar-refractivity contribution in [2.24, 2.45) is 0 Å². The average Bonchev–Trinajstić information content (AvgIpc) is 2.48. The molecule has 22 heavy (non-hydrogen) atoms. The van der Waals surface area contributed by atoms with Gasteiger partial charge in [0, 0.05) is 11.1 Å². The molecule has 110 valence electrons. The van der Waals surface area contributed by atoms with Crippen molar-refractivity contribution in [2.75, 3.05) is 5.73 Å². The number of nitrogen functional groups attached to an aromatic ring is 1. The fraction of sp³-hybridized carbons (Fsp3) is 0. The summed E-state index contributed by atoms with van der Waals surface area (Å²) in [5.41, 5.74) is 2.55. The van der Waals surface area contributed by atoms with E-state index < -0.39 is 50.5 Å². The van der Waals surface area contributed by atoms with Gasteiger partial charge in [-0.3, -0.25) is 19.7 Å². The number of ketones is 2. The van der Waals surface area contributed by atoms with Crippen LogP contribution in [0, 0.1) is 10.1 Å². The van der Waals surface area contributed by atoms with Gasteiger partial charge in [0.05, 0.1) is 16.1 Å². The standard InChI is InChI=1S/C14H8N2O6/c15-9-10(16(21)22)14(20)8-7(13(9)19)11(17)5-3-1-2-4-6(5)12(8)18/h1-4,19-20H,15H2. The Labute approximate surface area is 122 Å². The highest BCUT2D eigenvalue weighted by molar-refractivity contribution is 6.31. The van der Waals surface area contributed by atoms with E-state index in [1.807, 2.05) is 0 Å². The van der Waals surface area contributed by atoms with Gasteiger partial charge in [0.25, 0.3) is 0 Å². The third kappa shape index (κ3) is 1.51.